The highest BCUT2D eigenvalue weighted by atomic mass is 16.6. The van der Waals surface area contributed by atoms with Crippen molar-refractivity contribution >= 4 is 23.8 Å². The Kier molecular flexibility index (Phi) is 7.26. The average molecular weight is 433 g/mol. The first-order valence-corrected chi connectivity index (χ1v) is 9.50. The summed E-state index contributed by atoms with van der Waals surface area (Å²) in [6.45, 7) is 1.40. The van der Waals surface area contributed by atoms with Crippen LogP contribution >= 0.6 is 0 Å². The van der Waals surface area contributed by atoms with E-state index in [9.17, 15) is 19.7 Å². The van der Waals surface area contributed by atoms with Crippen LogP contribution in [0, 0.1) is 17.0 Å². The van der Waals surface area contributed by atoms with Gasteiger partial charge < -0.3 is 9.47 Å². The molecule has 0 aromatic heterocycles. The highest BCUT2D eigenvalue weighted by Gasteiger charge is 2.14. The van der Waals surface area contributed by atoms with Crippen LogP contribution in [0.2, 0.25) is 0 Å². The molecule has 0 fully saturated rings. The van der Waals surface area contributed by atoms with Crippen molar-refractivity contribution in [1.82, 2.24) is 5.43 Å². The fourth-order valence-electron chi connectivity index (χ4n) is 2.67. The van der Waals surface area contributed by atoms with Crippen LogP contribution in [0.5, 0.6) is 11.5 Å². The number of aryl methyl sites for hydroxylation is 1. The van der Waals surface area contributed by atoms with Gasteiger partial charge in [0.1, 0.15) is 5.75 Å². The lowest BCUT2D eigenvalue weighted by molar-refractivity contribution is -0.385. The maximum absolute atomic E-state index is 12.2. The van der Waals surface area contributed by atoms with Gasteiger partial charge in [-0.3, -0.25) is 14.9 Å². The van der Waals surface area contributed by atoms with Crippen LogP contribution in [0.15, 0.2) is 77.9 Å². The van der Waals surface area contributed by atoms with Gasteiger partial charge in [0.05, 0.1) is 16.7 Å². The van der Waals surface area contributed by atoms with E-state index >= 15 is 0 Å². The highest BCUT2D eigenvalue weighted by molar-refractivity contribution is 5.92. The summed E-state index contributed by atoms with van der Waals surface area (Å²) in [5.74, 6) is -0.664. The minimum atomic E-state index is -0.590. The molecule has 3 rings (SSSR count). The summed E-state index contributed by atoms with van der Waals surface area (Å²) in [5.41, 5.74) is 4.01. The number of carbonyl (C=O) groups excluding carboxylic acids is 2. The summed E-state index contributed by atoms with van der Waals surface area (Å²) < 4.78 is 10.5. The smallest absolute Gasteiger partial charge is 0.343 e. The van der Waals surface area contributed by atoms with Crippen molar-refractivity contribution in [2.45, 2.75) is 6.92 Å². The quantitative estimate of drug-likeness (QED) is 0.190. The number of rotatable bonds is 8. The normalized spacial score (nSPS) is 10.5. The summed E-state index contributed by atoms with van der Waals surface area (Å²) in [7, 11) is 0. The number of para-hydroxylation sites is 2. The highest BCUT2D eigenvalue weighted by Crippen LogP contribution is 2.25. The number of nitrogens with one attached hydrogen (secondary N) is 1. The molecule has 0 saturated heterocycles. The van der Waals surface area contributed by atoms with Crippen LogP contribution in [-0.4, -0.2) is 29.6 Å². The van der Waals surface area contributed by atoms with E-state index in [1.165, 1.54) is 24.4 Å². The molecular formula is C23H19N3O6. The predicted molar refractivity (Wildman–Crippen MR) is 117 cm³/mol. The van der Waals surface area contributed by atoms with E-state index in [0.29, 0.717) is 16.9 Å². The fourth-order valence-corrected chi connectivity index (χ4v) is 2.67. The maximum Gasteiger partial charge on any atom is 0.343 e. The van der Waals surface area contributed by atoms with Gasteiger partial charge in [-0.2, -0.15) is 5.10 Å². The molecule has 1 amide bonds. The third-order valence-corrected chi connectivity index (χ3v) is 4.28. The zero-order valence-electron chi connectivity index (χ0n) is 17.1. The topological polar surface area (TPSA) is 120 Å². The van der Waals surface area contributed by atoms with Crippen molar-refractivity contribution in [2.24, 2.45) is 5.10 Å². The zero-order chi connectivity index (χ0) is 22.9. The van der Waals surface area contributed by atoms with E-state index in [1.807, 2.05) is 19.1 Å². The standard InChI is InChI=1S/C23H19N3O6/c1-16-6-2-3-7-19(16)23(28)32-18-12-10-17(11-13-18)14-24-25-22(27)15-31-21-9-5-4-8-20(21)26(29)30/h2-14H,15H2,1H3,(H,25,27)/b24-14+. The molecule has 1 N–H and O–H groups in total. The molecule has 32 heavy (non-hydrogen) atoms. The Morgan fingerprint density at radius 2 is 1.72 bits per heavy atom. The lowest BCUT2D eigenvalue weighted by Crippen LogP contribution is -2.24. The van der Waals surface area contributed by atoms with Crippen LogP contribution in [0.25, 0.3) is 0 Å². The van der Waals surface area contributed by atoms with Crippen molar-refractivity contribution in [1.29, 1.82) is 0 Å². The monoisotopic (exact) mass is 433 g/mol. The van der Waals surface area contributed by atoms with Crippen LogP contribution in [0.1, 0.15) is 21.5 Å². The molecule has 0 atom stereocenters. The zero-order valence-corrected chi connectivity index (χ0v) is 17.1. The summed E-state index contributed by atoms with van der Waals surface area (Å²) in [6.07, 6.45) is 1.40. The predicted octanol–water partition coefficient (Wildman–Crippen LogP) is 3.65. The molecule has 0 heterocycles. The molecule has 3 aromatic carbocycles. The molecule has 0 aliphatic rings. The minimum absolute atomic E-state index is 0.00698. The molecule has 0 bridgehead atoms. The van der Waals surface area contributed by atoms with Gasteiger partial charge in [-0.15, -0.1) is 0 Å². The Bertz CT molecular complexity index is 1160. The lowest BCUT2D eigenvalue weighted by Gasteiger charge is -2.07. The Labute approximate surface area is 183 Å². The van der Waals surface area contributed by atoms with E-state index in [4.69, 9.17) is 9.47 Å². The number of hydrogen-bond donors (Lipinski definition) is 1. The average Bonchev–Trinajstić information content (AvgIpc) is 2.79. The molecule has 3 aromatic rings. The Hall–Kier alpha value is -4.53. The first-order chi connectivity index (χ1) is 15.4. The second kappa shape index (κ2) is 10.5. The number of amides is 1. The van der Waals surface area contributed by atoms with Crippen molar-refractivity contribution in [3.8, 4) is 11.5 Å². The number of nitro groups is 1. The summed E-state index contributed by atoms with van der Waals surface area (Å²) >= 11 is 0. The van der Waals surface area contributed by atoms with Gasteiger partial charge >= 0.3 is 11.7 Å². The third-order valence-electron chi connectivity index (χ3n) is 4.28. The summed E-state index contributed by atoms with van der Waals surface area (Å²) in [5, 5.41) is 14.8. The largest absolute Gasteiger partial charge is 0.477 e. The van der Waals surface area contributed by atoms with Gasteiger partial charge in [-0.05, 0) is 54.4 Å². The fraction of sp³-hybridized carbons (Fsp3) is 0.0870. The van der Waals surface area contributed by atoms with Crippen LogP contribution < -0.4 is 14.9 Å². The number of esters is 1. The van der Waals surface area contributed by atoms with Gasteiger partial charge in [0.2, 0.25) is 0 Å². The first-order valence-electron chi connectivity index (χ1n) is 9.50. The number of hydrogen-bond acceptors (Lipinski definition) is 7. The molecule has 9 heteroatoms. The molecule has 0 aliphatic carbocycles. The number of benzene rings is 3. The van der Waals surface area contributed by atoms with E-state index < -0.39 is 23.4 Å². The van der Waals surface area contributed by atoms with Gasteiger partial charge in [-0.1, -0.05) is 30.3 Å². The number of nitro benzene ring substituents is 1. The molecular weight excluding hydrogens is 414 g/mol. The SMILES string of the molecule is Cc1ccccc1C(=O)Oc1ccc(/C=N/NC(=O)COc2ccccc2[N+](=O)[O-])cc1. The lowest BCUT2D eigenvalue weighted by atomic mass is 10.1. The first kappa shape index (κ1) is 22.2. The maximum atomic E-state index is 12.2. The molecule has 162 valence electrons. The molecule has 0 unspecified atom stereocenters. The second-order valence-electron chi connectivity index (χ2n) is 6.58. The number of hydrazone groups is 1. The summed E-state index contributed by atoms with van der Waals surface area (Å²) in [6, 6.07) is 19.5. The van der Waals surface area contributed by atoms with Gasteiger partial charge in [-0.25, -0.2) is 10.2 Å². The Morgan fingerprint density at radius 3 is 2.44 bits per heavy atom. The second-order valence-corrected chi connectivity index (χ2v) is 6.58. The minimum Gasteiger partial charge on any atom is -0.477 e. The van der Waals surface area contributed by atoms with E-state index in [2.05, 4.69) is 10.5 Å². The van der Waals surface area contributed by atoms with Gasteiger partial charge in [0.15, 0.2) is 12.4 Å². The molecule has 0 radical (unpaired) electrons. The summed E-state index contributed by atoms with van der Waals surface area (Å²) in [4.78, 5) is 34.4. The van der Waals surface area contributed by atoms with E-state index in [-0.39, 0.29) is 11.4 Å². The molecule has 0 spiro atoms. The van der Waals surface area contributed by atoms with Crippen molar-refractivity contribution in [2.75, 3.05) is 6.61 Å². The van der Waals surface area contributed by atoms with Crippen LogP contribution in [-0.2, 0) is 4.79 Å². The van der Waals surface area contributed by atoms with Crippen LogP contribution in [0.3, 0.4) is 0 Å². The Balaban J connectivity index is 1.49. The number of carbonyl (C=O) groups is 2. The van der Waals surface area contributed by atoms with Crippen molar-refractivity contribution in [3.63, 3.8) is 0 Å². The van der Waals surface area contributed by atoms with E-state index in [0.717, 1.165) is 5.56 Å². The third kappa shape index (κ3) is 5.99. The van der Waals surface area contributed by atoms with Gasteiger partial charge in [0, 0.05) is 6.07 Å². The van der Waals surface area contributed by atoms with E-state index in [1.54, 1.807) is 42.5 Å². The molecule has 9 nitrogen and oxygen atoms in total. The number of ether oxygens (including phenoxy) is 2. The van der Waals surface area contributed by atoms with Crippen molar-refractivity contribution in [3.05, 3.63) is 99.6 Å². The number of nitrogens with zero attached hydrogens (tertiary/aromatic N) is 2. The molecule has 0 aliphatic heterocycles. The Morgan fingerprint density at radius 1 is 1.03 bits per heavy atom. The molecule has 0 saturated carbocycles. The van der Waals surface area contributed by atoms with Crippen molar-refractivity contribution < 1.29 is 24.0 Å². The van der Waals surface area contributed by atoms with Gasteiger partial charge in [0.25, 0.3) is 5.91 Å². The van der Waals surface area contributed by atoms with Crippen LogP contribution in [0.4, 0.5) is 5.69 Å².